The van der Waals surface area contributed by atoms with Gasteiger partial charge in [-0.05, 0) is 45.7 Å². The molecule has 0 aromatic rings. The van der Waals surface area contributed by atoms with E-state index in [0.29, 0.717) is 0 Å². The lowest BCUT2D eigenvalue weighted by Gasteiger charge is -2.29. The van der Waals surface area contributed by atoms with E-state index in [4.69, 9.17) is 5.73 Å². The molecule has 1 saturated carbocycles. The van der Waals surface area contributed by atoms with E-state index in [9.17, 15) is 0 Å². The Hall–Kier alpha value is -0.340. The zero-order valence-corrected chi connectivity index (χ0v) is 9.63. The maximum Gasteiger partial charge on any atom is 0.0133 e. The summed E-state index contributed by atoms with van der Waals surface area (Å²) >= 11 is 0. The van der Waals surface area contributed by atoms with E-state index in [2.05, 4.69) is 25.5 Å². The molecule has 0 radical (unpaired) electrons. The molecule has 0 spiro atoms. The van der Waals surface area contributed by atoms with Gasteiger partial charge in [-0.15, -0.1) is 6.58 Å². The second-order valence-electron chi connectivity index (χ2n) is 4.68. The van der Waals surface area contributed by atoms with E-state index < -0.39 is 0 Å². The number of hydrogen-bond donors (Lipinski definition) is 1. The monoisotopic (exact) mass is 196 g/mol. The summed E-state index contributed by atoms with van der Waals surface area (Å²) in [5, 5.41) is 0. The van der Waals surface area contributed by atoms with Gasteiger partial charge >= 0.3 is 0 Å². The average Bonchev–Trinajstić information content (AvgIpc) is 2.61. The molecule has 1 rings (SSSR count). The van der Waals surface area contributed by atoms with Crippen molar-refractivity contribution in [1.82, 2.24) is 4.90 Å². The standard InChI is InChI=1S/C12H24N2/c1-10(2)7-8-14(3)12-6-4-5-11(12)9-13/h11-12H,1,4-9,13H2,2-3H3. The second kappa shape index (κ2) is 5.52. The number of rotatable bonds is 5. The van der Waals surface area contributed by atoms with Crippen LogP contribution in [0.1, 0.15) is 32.6 Å². The molecule has 2 heteroatoms. The molecule has 1 aliphatic rings. The topological polar surface area (TPSA) is 29.3 Å². The summed E-state index contributed by atoms with van der Waals surface area (Å²) in [7, 11) is 2.22. The fraction of sp³-hybridized carbons (Fsp3) is 0.833. The highest BCUT2D eigenvalue weighted by molar-refractivity contribution is 4.91. The van der Waals surface area contributed by atoms with Gasteiger partial charge in [-0.3, -0.25) is 0 Å². The van der Waals surface area contributed by atoms with Crippen LogP contribution < -0.4 is 5.73 Å². The van der Waals surface area contributed by atoms with Gasteiger partial charge in [0, 0.05) is 12.6 Å². The van der Waals surface area contributed by atoms with E-state index in [1.54, 1.807) is 0 Å². The van der Waals surface area contributed by atoms with E-state index in [1.807, 2.05) is 0 Å². The Kier molecular flexibility index (Phi) is 4.63. The molecule has 2 atom stereocenters. The maximum absolute atomic E-state index is 5.77. The molecular weight excluding hydrogens is 172 g/mol. The third kappa shape index (κ3) is 3.10. The van der Waals surface area contributed by atoms with Crippen molar-refractivity contribution in [3.8, 4) is 0 Å². The smallest absolute Gasteiger partial charge is 0.0133 e. The molecule has 82 valence electrons. The molecule has 0 aliphatic heterocycles. The first kappa shape index (κ1) is 11.7. The minimum atomic E-state index is 0.722. The second-order valence-corrected chi connectivity index (χ2v) is 4.68. The Labute approximate surface area is 88.2 Å². The van der Waals surface area contributed by atoms with Crippen molar-refractivity contribution < 1.29 is 0 Å². The fourth-order valence-electron chi connectivity index (χ4n) is 2.41. The normalized spacial score (nSPS) is 27.1. The van der Waals surface area contributed by atoms with Crippen LogP contribution in [0.25, 0.3) is 0 Å². The largest absolute Gasteiger partial charge is 0.330 e. The highest BCUT2D eigenvalue weighted by Gasteiger charge is 2.28. The average molecular weight is 196 g/mol. The quantitative estimate of drug-likeness (QED) is 0.682. The van der Waals surface area contributed by atoms with Crippen LogP contribution in [0.5, 0.6) is 0 Å². The van der Waals surface area contributed by atoms with E-state index in [0.717, 1.165) is 31.5 Å². The maximum atomic E-state index is 5.77. The van der Waals surface area contributed by atoms with Crippen molar-refractivity contribution >= 4 is 0 Å². The lowest BCUT2D eigenvalue weighted by atomic mass is 10.0. The molecule has 2 N–H and O–H groups in total. The van der Waals surface area contributed by atoms with Crippen LogP contribution in [0, 0.1) is 5.92 Å². The molecular formula is C12H24N2. The van der Waals surface area contributed by atoms with Crippen molar-refractivity contribution in [2.75, 3.05) is 20.1 Å². The molecule has 0 aromatic carbocycles. The molecule has 0 saturated heterocycles. The molecule has 1 fully saturated rings. The minimum absolute atomic E-state index is 0.722. The van der Waals surface area contributed by atoms with E-state index in [-0.39, 0.29) is 0 Å². The third-order valence-corrected chi connectivity index (χ3v) is 3.38. The predicted octanol–water partition coefficient (Wildman–Crippen LogP) is 2.01. The molecule has 0 amide bonds. The van der Waals surface area contributed by atoms with Gasteiger partial charge in [0.1, 0.15) is 0 Å². The lowest BCUT2D eigenvalue weighted by molar-refractivity contribution is 0.202. The van der Waals surface area contributed by atoms with E-state index in [1.165, 1.54) is 24.8 Å². The molecule has 2 nitrogen and oxygen atoms in total. The van der Waals surface area contributed by atoms with Gasteiger partial charge in [0.05, 0.1) is 0 Å². The summed E-state index contributed by atoms with van der Waals surface area (Å²) < 4.78 is 0. The van der Waals surface area contributed by atoms with Crippen molar-refractivity contribution in [1.29, 1.82) is 0 Å². The first-order chi connectivity index (χ1) is 6.65. The molecule has 14 heavy (non-hydrogen) atoms. The number of nitrogens with zero attached hydrogens (tertiary/aromatic N) is 1. The van der Waals surface area contributed by atoms with Crippen LogP contribution in [0.15, 0.2) is 12.2 Å². The summed E-state index contributed by atoms with van der Waals surface area (Å²) in [6.45, 7) is 8.03. The van der Waals surface area contributed by atoms with Gasteiger partial charge in [0.25, 0.3) is 0 Å². The Bertz CT molecular complexity index is 189. The molecule has 2 unspecified atom stereocenters. The van der Waals surface area contributed by atoms with Gasteiger partial charge < -0.3 is 10.6 Å². The van der Waals surface area contributed by atoms with Gasteiger partial charge in [0.15, 0.2) is 0 Å². The SMILES string of the molecule is C=C(C)CCN(C)C1CCCC1CN. The Morgan fingerprint density at radius 2 is 2.21 bits per heavy atom. The summed E-state index contributed by atoms with van der Waals surface area (Å²) in [6.07, 6.45) is 5.11. The molecule has 1 aliphatic carbocycles. The first-order valence-corrected chi connectivity index (χ1v) is 5.70. The van der Waals surface area contributed by atoms with Gasteiger partial charge in [-0.2, -0.15) is 0 Å². The van der Waals surface area contributed by atoms with Crippen LogP contribution in [0.2, 0.25) is 0 Å². The highest BCUT2D eigenvalue weighted by atomic mass is 15.1. The molecule has 0 bridgehead atoms. The van der Waals surface area contributed by atoms with E-state index >= 15 is 0 Å². The zero-order valence-electron chi connectivity index (χ0n) is 9.63. The first-order valence-electron chi connectivity index (χ1n) is 5.70. The summed E-state index contributed by atoms with van der Waals surface area (Å²) in [5.41, 5.74) is 7.05. The van der Waals surface area contributed by atoms with Crippen LogP contribution in [-0.4, -0.2) is 31.1 Å². The van der Waals surface area contributed by atoms with Gasteiger partial charge in [-0.25, -0.2) is 0 Å². The van der Waals surface area contributed by atoms with Crippen molar-refractivity contribution in [2.45, 2.75) is 38.6 Å². The summed E-state index contributed by atoms with van der Waals surface area (Å²) in [4.78, 5) is 2.47. The third-order valence-electron chi connectivity index (χ3n) is 3.38. The number of hydrogen-bond acceptors (Lipinski definition) is 2. The predicted molar refractivity (Wildman–Crippen MR) is 62.2 cm³/mol. The van der Waals surface area contributed by atoms with Crippen LogP contribution in [-0.2, 0) is 0 Å². The number of nitrogens with two attached hydrogens (primary N) is 1. The van der Waals surface area contributed by atoms with Crippen LogP contribution in [0.3, 0.4) is 0 Å². The highest BCUT2D eigenvalue weighted by Crippen LogP contribution is 2.28. The summed E-state index contributed by atoms with van der Waals surface area (Å²) in [5.74, 6) is 0.727. The zero-order chi connectivity index (χ0) is 10.6. The van der Waals surface area contributed by atoms with Crippen molar-refractivity contribution in [2.24, 2.45) is 11.7 Å². The Morgan fingerprint density at radius 3 is 2.79 bits per heavy atom. The van der Waals surface area contributed by atoms with Crippen LogP contribution in [0.4, 0.5) is 0 Å². The molecule has 0 heterocycles. The van der Waals surface area contributed by atoms with Crippen LogP contribution >= 0.6 is 0 Å². The Morgan fingerprint density at radius 1 is 1.50 bits per heavy atom. The Balaban J connectivity index is 2.35. The fourth-order valence-corrected chi connectivity index (χ4v) is 2.41. The van der Waals surface area contributed by atoms with Crippen molar-refractivity contribution in [3.63, 3.8) is 0 Å². The lowest BCUT2D eigenvalue weighted by Crippen LogP contribution is -2.38. The van der Waals surface area contributed by atoms with Gasteiger partial charge in [-0.1, -0.05) is 12.0 Å². The summed E-state index contributed by atoms with van der Waals surface area (Å²) in [6, 6.07) is 0.722. The minimum Gasteiger partial charge on any atom is -0.330 e. The molecule has 0 aromatic heterocycles. The van der Waals surface area contributed by atoms with Gasteiger partial charge in [0.2, 0.25) is 0 Å². The van der Waals surface area contributed by atoms with Crippen molar-refractivity contribution in [3.05, 3.63) is 12.2 Å².